The van der Waals surface area contributed by atoms with Gasteiger partial charge < -0.3 is 15.6 Å². The first-order chi connectivity index (χ1) is 11.2. The lowest BCUT2D eigenvalue weighted by Crippen LogP contribution is -2.45. The predicted molar refractivity (Wildman–Crippen MR) is 93.9 cm³/mol. The summed E-state index contributed by atoms with van der Waals surface area (Å²) in [6, 6.07) is 7.31. The summed E-state index contributed by atoms with van der Waals surface area (Å²) in [6.45, 7) is 1.76. The van der Waals surface area contributed by atoms with Crippen LogP contribution in [0.4, 0.5) is 0 Å². The molecule has 0 radical (unpaired) electrons. The summed E-state index contributed by atoms with van der Waals surface area (Å²) >= 11 is 0. The van der Waals surface area contributed by atoms with Crippen LogP contribution in [0.25, 0.3) is 16.6 Å². The fraction of sp³-hybridized carbons (Fsp3) is 0.312. The van der Waals surface area contributed by atoms with E-state index >= 15 is 0 Å². The summed E-state index contributed by atoms with van der Waals surface area (Å²) in [4.78, 5) is 27.5. The molecule has 3 aromatic rings. The average molecular weight is 348 g/mol. The van der Waals surface area contributed by atoms with Crippen molar-refractivity contribution >= 4 is 34.9 Å². The largest absolute Gasteiger partial charge is 0.348 e. The Kier molecular flexibility index (Phi) is 4.55. The van der Waals surface area contributed by atoms with Gasteiger partial charge in [0.2, 0.25) is 0 Å². The van der Waals surface area contributed by atoms with E-state index in [9.17, 15) is 9.59 Å². The van der Waals surface area contributed by atoms with Gasteiger partial charge in [0.1, 0.15) is 11.2 Å². The molecule has 24 heavy (non-hydrogen) atoms. The maximum atomic E-state index is 12.5. The Balaban J connectivity index is 0.00000169. The Labute approximate surface area is 143 Å². The molecular formula is C16H18ClN5O2. The van der Waals surface area contributed by atoms with E-state index in [1.807, 2.05) is 12.1 Å². The SMILES string of the molecule is Cl.O=C(N[C@H]1CCCNC1)c1cnn2c1[nH]c(=O)c1ccccc12. The van der Waals surface area contributed by atoms with Crippen LogP contribution >= 0.6 is 12.4 Å². The summed E-state index contributed by atoms with van der Waals surface area (Å²) in [5, 5.41) is 11.1. The highest BCUT2D eigenvalue weighted by Crippen LogP contribution is 2.14. The predicted octanol–water partition coefficient (Wildman–Crippen LogP) is 1.08. The summed E-state index contributed by atoms with van der Waals surface area (Å²) in [5.41, 5.74) is 1.28. The minimum Gasteiger partial charge on any atom is -0.348 e. The maximum absolute atomic E-state index is 12.5. The van der Waals surface area contributed by atoms with Crippen LogP contribution in [0.3, 0.4) is 0 Å². The van der Waals surface area contributed by atoms with Gasteiger partial charge in [0.15, 0.2) is 0 Å². The molecule has 1 aromatic carbocycles. The van der Waals surface area contributed by atoms with Crippen molar-refractivity contribution in [1.29, 1.82) is 0 Å². The van der Waals surface area contributed by atoms with Gasteiger partial charge in [-0.1, -0.05) is 12.1 Å². The quantitative estimate of drug-likeness (QED) is 0.647. The molecule has 3 N–H and O–H groups in total. The average Bonchev–Trinajstić information content (AvgIpc) is 3.00. The molecule has 0 bridgehead atoms. The van der Waals surface area contributed by atoms with Gasteiger partial charge in [-0.15, -0.1) is 12.4 Å². The van der Waals surface area contributed by atoms with Crippen LogP contribution in [0.1, 0.15) is 23.2 Å². The summed E-state index contributed by atoms with van der Waals surface area (Å²) in [5.74, 6) is -0.209. The number of hydrogen-bond donors (Lipinski definition) is 3. The van der Waals surface area contributed by atoms with Gasteiger partial charge in [-0.2, -0.15) is 5.10 Å². The van der Waals surface area contributed by atoms with Gasteiger partial charge in [-0.3, -0.25) is 9.59 Å². The van der Waals surface area contributed by atoms with Crippen molar-refractivity contribution in [3.8, 4) is 0 Å². The molecule has 3 heterocycles. The number of amides is 1. The van der Waals surface area contributed by atoms with Crippen LogP contribution in [0.15, 0.2) is 35.3 Å². The van der Waals surface area contributed by atoms with Gasteiger partial charge in [-0.25, -0.2) is 4.52 Å². The molecule has 1 saturated heterocycles. The van der Waals surface area contributed by atoms with Crippen molar-refractivity contribution in [2.45, 2.75) is 18.9 Å². The summed E-state index contributed by atoms with van der Waals surface area (Å²) in [7, 11) is 0. The van der Waals surface area contributed by atoms with E-state index in [4.69, 9.17) is 0 Å². The fourth-order valence-electron chi connectivity index (χ4n) is 3.08. The molecule has 8 heteroatoms. The molecule has 1 aliphatic heterocycles. The third kappa shape index (κ3) is 2.76. The van der Waals surface area contributed by atoms with Gasteiger partial charge >= 0.3 is 0 Å². The third-order valence-corrected chi connectivity index (χ3v) is 4.25. The third-order valence-electron chi connectivity index (χ3n) is 4.25. The summed E-state index contributed by atoms with van der Waals surface area (Å²) < 4.78 is 1.60. The lowest BCUT2D eigenvalue weighted by atomic mass is 10.1. The van der Waals surface area contributed by atoms with Crippen LogP contribution in [0.5, 0.6) is 0 Å². The Bertz CT molecular complexity index is 942. The molecule has 7 nitrogen and oxygen atoms in total. The monoisotopic (exact) mass is 347 g/mol. The van der Waals surface area contributed by atoms with Gasteiger partial charge in [-0.05, 0) is 31.5 Å². The highest BCUT2D eigenvalue weighted by Gasteiger charge is 2.20. The van der Waals surface area contributed by atoms with Crippen molar-refractivity contribution in [3.05, 3.63) is 46.4 Å². The molecule has 1 atom stereocenters. The van der Waals surface area contributed by atoms with E-state index in [-0.39, 0.29) is 29.9 Å². The zero-order valence-electron chi connectivity index (χ0n) is 12.9. The minimum atomic E-state index is -0.220. The van der Waals surface area contributed by atoms with Crippen LogP contribution in [0.2, 0.25) is 0 Å². The highest BCUT2D eigenvalue weighted by atomic mass is 35.5. The van der Waals surface area contributed by atoms with Crippen molar-refractivity contribution in [1.82, 2.24) is 25.2 Å². The van der Waals surface area contributed by atoms with Crippen LogP contribution in [-0.2, 0) is 0 Å². The first-order valence-electron chi connectivity index (χ1n) is 7.74. The smallest absolute Gasteiger partial charge is 0.259 e. The summed E-state index contributed by atoms with van der Waals surface area (Å²) in [6.07, 6.45) is 3.50. The maximum Gasteiger partial charge on any atom is 0.259 e. The number of piperidine rings is 1. The number of nitrogens with one attached hydrogen (secondary N) is 3. The van der Waals surface area contributed by atoms with Crippen molar-refractivity contribution in [2.75, 3.05) is 13.1 Å². The first kappa shape index (κ1) is 16.5. The van der Waals surface area contributed by atoms with Crippen molar-refractivity contribution in [2.24, 2.45) is 0 Å². The van der Waals surface area contributed by atoms with Crippen LogP contribution in [0, 0.1) is 0 Å². The van der Waals surface area contributed by atoms with E-state index < -0.39 is 0 Å². The van der Waals surface area contributed by atoms with E-state index in [0.29, 0.717) is 22.1 Å². The van der Waals surface area contributed by atoms with Gasteiger partial charge in [0.05, 0.1) is 17.1 Å². The molecule has 1 fully saturated rings. The molecule has 0 spiro atoms. The number of carbonyl (C=O) groups is 1. The number of H-pyrrole nitrogens is 1. The molecule has 0 saturated carbocycles. The van der Waals surface area contributed by atoms with Gasteiger partial charge in [0, 0.05) is 12.6 Å². The second kappa shape index (κ2) is 6.62. The molecular weight excluding hydrogens is 330 g/mol. The second-order valence-corrected chi connectivity index (χ2v) is 5.81. The molecule has 0 aliphatic carbocycles. The van der Waals surface area contributed by atoms with E-state index in [1.54, 1.807) is 16.6 Å². The standard InChI is InChI=1S/C16H17N5O2.ClH/c22-15-11-5-1-2-6-13(11)21-14(20-15)12(9-18-21)16(23)19-10-4-3-7-17-8-10;/h1-2,5-6,9-10,17H,3-4,7-8H2,(H,19,23)(H,20,22);1H/t10-;/m0./s1. The van der Waals surface area contributed by atoms with Crippen LogP contribution < -0.4 is 16.2 Å². The normalized spacial score (nSPS) is 17.6. The minimum absolute atomic E-state index is 0. The van der Waals surface area contributed by atoms with E-state index in [1.165, 1.54) is 6.20 Å². The van der Waals surface area contributed by atoms with E-state index in [0.717, 1.165) is 25.9 Å². The number of rotatable bonds is 2. The number of nitrogens with zero attached hydrogens (tertiary/aromatic N) is 2. The van der Waals surface area contributed by atoms with Gasteiger partial charge in [0.25, 0.3) is 11.5 Å². The lowest BCUT2D eigenvalue weighted by Gasteiger charge is -2.23. The second-order valence-electron chi connectivity index (χ2n) is 5.81. The van der Waals surface area contributed by atoms with E-state index in [2.05, 4.69) is 20.7 Å². The zero-order chi connectivity index (χ0) is 15.8. The number of benzene rings is 1. The Hall–Kier alpha value is -2.38. The Morgan fingerprint density at radius 1 is 1.33 bits per heavy atom. The number of aromatic amines is 1. The highest BCUT2D eigenvalue weighted by molar-refractivity contribution is 6.00. The molecule has 4 rings (SSSR count). The number of halogens is 1. The molecule has 1 amide bonds. The molecule has 0 unspecified atom stereocenters. The van der Waals surface area contributed by atoms with Crippen molar-refractivity contribution in [3.63, 3.8) is 0 Å². The lowest BCUT2D eigenvalue weighted by molar-refractivity contribution is 0.0932. The Morgan fingerprint density at radius 2 is 2.17 bits per heavy atom. The number of fused-ring (bicyclic) bond motifs is 3. The Morgan fingerprint density at radius 3 is 2.96 bits per heavy atom. The number of para-hydroxylation sites is 1. The number of carbonyl (C=O) groups excluding carboxylic acids is 1. The van der Waals surface area contributed by atoms with Crippen molar-refractivity contribution < 1.29 is 4.79 Å². The molecule has 126 valence electrons. The first-order valence-corrected chi connectivity index (χ1v) is 7.74. The molecule has 2 aromatic heterocycles. The number of hydrogen-bond acceptors (Lipinski definition) is 4. The van der Waals surface area contributed by atoms with Crippen LogP contribution in [-0.4, -0.2) is 39.6 Å². The number of aromatic nitrogens is 3. The topological polar surface area (TPSA) is 91.3 Å². The molecule has 1 aliphatic rings. The zero-order valence-corrected chi connectivity index (χ0v) is 13.7. The fourth-order valence-corrected chi connectivity index (χ4v) is 3.08.